The van der Waals surface area contributed by atoms with Gasteiger partial charge in [0.25, 0.3) is 5.91 Å². The van der Waals surface area contributed by atoms with Crippen molar-refractivity contribution in [2.75, 3.05) is 10.7 Å². The van der Waals surface area contributed by atoms with Crippen molar-refractivity contribution in [2.45, 2.75) is 18.0 Å². The first-order chi connectivity index (χ1) is 15.7. The molecule has 4 rings (SSSR count). The van der Waals surface area contributed by atoms with E-state index in [1.807, 2.05) is 0 Å². The number of halogens is 5. The lowest BCUT2D eigenvalue weighted by Gasteiger charge is -2.30. The third-order valence-corrected chi connectivity index (χ3v) is 6.48. The average molecular weight is 495 g/mol. The van der Waals surface area contributed by atoms with Crippen LogP contribution in [0, 0.1) is 23.3 Å². The summed E-state index contributed by atoms with van der Waals surface area (Å²) in [4.78, 5) is 27.3. The Balaban J connectivity index is 1.59. The topological polar surface area (TPSA) is 49.4 Å². The highest BCUT2D eigenvalue weighted by molar-refractivity contribution is 8.00. The van der Waals surface area contributed by atoms with E-state index in [4.69, 9.17) is 11.6 Å². The maximum Gasteiger partial charge on any atom is 0.251 e. The predicted molar refractivity (Wildman–Crippen MR) is 117 cm³/mol. The number of rotatable bonds is 5. The third-order valence-electron chi connectivity index (χ3n) is 5.07. The summed E-state index contributed by atoms with van der Waals surface area (Å²) >= 11 is 7.38. The Morgan fingerprint density at radius 2 is 1.73 bits per heavy atom. The molecule has 3 aromatic carbocycles. The van der Waals surface area contributed by atoms with Crippen LogP contribution in [0.3, 0.4) is 0 Å². The Bertz CT molecular complexity index is 1230. The normalized spacial score (nSPS) is 13.1. The Morgan fingerprint density at radius 3 is 2.42 bits per heavy atom. The lowest BCUT2D eigenvalue weighted by atomic mass is 10.1. The number of anilines is 1. The summed E-state index contributed by atoms with van der Waals surface area (Å²) in [5.41, 5.74) is 0.172. The van der Waals surface area contributed by atoms with Crippen LogP contribution in [0.5, 0.6) is 0 Å². The zero-order valence-corrected chi connectivity index (χ0v) is 18.4. The molecule has 0 unspecified atom stereocenters. The first-order valence-corrected chi connectivity index (χ1v) is 11.0. The molecule has 0 bridgehead atoms. The number of carbonyl (C=O) groups excluding carboxylic acids is 2. The molecule has 10 heteroatoms. The van der Waals surface area contributed by atoms with E-state index in [9.17, 15) is 27.2 Å². The molecular weight excluding hydrogens is 480 g/mol. The fraction of sp³-hybridized carbons (Fsp3) is 0.130. The molecule has 170 valence electrons. The van der Waals surface area contributed by atoms with Crippen molar-refractivity contribution in [3.63, 3.8) is 0 Å². The second-order valence-corrected chi connectivity index (χ2v) is 8.61. The highest BCUT2D eigenvalue weighted by atomic mass is 35.5. The first kappa shape index (κ1) is 23.1. The van der Waals surface area contributed by atoms with Gasteiger partial charge in [-0.2, -0.15) is 0 Å². The molecule has 1 N–H and O–H groups in total. The minimum absolute atomic E-state index is 0.122. The fourth-order valence-electron chi connectivity index (χ4n) is 3.37. The SMILES string of the molecule is O=C(NCc1c(F)cc(F)cc1F)c1ccc2c(c1)N(Cc1c(F)cccc1Cl)C(=O)CS2. The average Bonchev–Trinajstić information content (AvgIpc) is 2.76. The van der Waals surface area contributed by atoms with Crippen LogP contribution >= 0.6 is 23.4 Å². The van der Waals surface area contributed by atoms with E-state index in [-0.39, 0.29) is 34.4 Å². The number of thioether (sulfide) groups is 1. The smallest absolute Gasteiger partial charge is 0.251 e. The van der Waals surface area contributed by atoms with Crippen molar-refractivity contribution in [1.82, 2.24) is 5.32 Å². The van der Waals surface area contributed by atoms with Gasteiger partial charge in [-0.15, -0.1) is 11.8 Å². The molecule has 0 fully saturated rings. The van der Waals surface area contributed by atoms with Gasteiger partial charge in [-0.25, -0.2) is 17.6 Å². The van der Waals surface area contributed by atoms with Gasteiger partial charge in [0.1, 0.15) is 23.3 Å². The van der Waals surface area contributed by atoms with E-state index in [1.54, 1.807) is 6.07 Å². The molecule has 3 aromatic rings. The van der Waals surface area contributed by atoms with Gasteiger partial charge >= 0.3 is 0 Å². The summed E-state index contributed by atoms with van der Waals surface area (Å²) in [5, 5.41) is 2.55. The van der Waals surface area contributed by atoms with E-state index in [2.05, 4.69) is 5.32 Å². The zero-order chi connectivity index (χ0) is 23.7. The van der Waals surface area contributed by atoms with E-state index in [1.165, 1.54) is 47.0 Å². The monoisotopic (exact) mass is 494 g/mol. The molecule has 1 heterocycles. The van der Waals surface area contributed by atoms with Gasteiger partial charge in [-0.05, 0) is 30.3 Å². The molecule has 4 nitrogen and oxygen atoms in total. The van der Waals surface area contributed by atoms with Crippen LogP contribution in [0.2, 0.25) is 5.02 Å². The quantitative estimate of drug-likeness (QED) is 0.479. The Hall–Kier alpha value is -3.04. The molecule has 1 aliphatic rings. The third kappa shape index (κ3) is 4.84. The zero-order valence-electron chi connectivity index (χ0n) is 16.8. The van der Waals surface area contributed by atoms with Crippen LogP contribution in [0.25, 0.3) is 0 Å². The molecule has 0 aromatic heterocycles. The van der Waals surface area contributed by atoms with Crippen LogP contribution in [-0.2, 0) is 17.9 Å². The van der Waals surface area contributed by atoms with Crippen molar-refractivity contribution in [1.29, 1.82) is 0 Å². The van der Waals surface area contributed by atoms with E-state index in [0.717, 1.165) is 0 Å². The molecule has 0 saturated carbocycles. The van der Waals surface area contributed by atoms with Crippen molar-refractivity contribution in [3.05, 3.63) is 93.5 Å². The van der Waals surface area contributed by atoms with Crippen molar-refractivity contribution in [3.8, 4) is 0 Å². The highest BCUT2D eigenvalue weighted by Gasteiger charge is 2.27. The number of hydrogen-bond acceptors (Lipinski definition) is 3. The van der Waals surface area contributed by atoms with Gasteiger partial charge in [0.15, 0.2) is 0 Å². The van der Waals surface area contributed by atoms with Crippen molar-refractivity contribution < 1.29 is 27.2 Å². The van der Waals surface area contributed by atoms with Gasteiger partial charge in [-0.3, -0.25) is 9.59 Å². The minimum atomic E-state index is -1.12. The number of nitrogens with one attached hydrogen (secondary N) is 1. The van der Waals surface area contributed by atoms with Gasteiger partial charge in [0.05, 0.1) is 18.0 Å². The number of amides is 2. The predicted octanol–water partition coefficient (Wildman–Crippen LogP) is 5.47. The second-order valence-electron chi connectivity index (χ2n) is 7.18. The first-order valence-electron chi connectivity index (χ1n) is 9.66. The summed E-state index contributed by atoms with van der Waals surface area (Å²) < 4.78 is 55.0. The number of hydrogen-bond donors (Lipinski definition) is 1. The van der Waals surface area contributed by atoms with E-state index in [0.29, 0.717) is 22.7 Å². The molecule has 0 atom stereocenters. The highest BCUT2D eigenvalue weighted by Crippen LogP contribution is 2.37. The molecule has 0 saturated heterocycles. The number of carbonyl (C=O) groups is 2. The number of fused-ring (bicyclic) bond motifs is 1. The molecule has 33 heavy (non-hydrogen) atoms. The standard InChI is InChI=1S/C23H15ClF4N2O2S/c24-16-2-1-3-17(26)15(16)10-30-20-6-12(4-5-21(20)33-11-22(30)31)23(32)29-9-14-18(27)7-13(25)8-19(14)28/h1-8H,9-11H2,(H,29,32). The summed E-state index contributed by atoms with van der Waals surface area (Å²) in [6, 6.07) is 9.85. The van der Waals surface area contributed by atoms with Crippen molar-refractivity contribution >= 4 is 40.9 Å². The summed E-state index contributed by atoms with van der Waals surface area (Å²) in [6.07, 6.45) is 0. The Morgan fingerprint density at radius 1 is 1.00 bits per heavy atom. The summed E-state index contributed by atoms with van der Waals surface area (Å²) in [6.45, 7) is -0.634. The Kier molecular flexibility index (Phi) is 6.62. The van der Waals surface area contributed by atoms with E-state index < -0.39 is 41.3 Å². The van der Waals surface area contributed by atoms with Crippen LogP contribution in [0.1, 0.15) is 21.5 Å². The van der Waals surface area contributed by atoms with Gasteiger partial charge in [0.2, 0.25) is 5.91 Å². The van der Waals surface area contributed by atoms with Crippen LogP contribution in [-0.4, -0.2) is 17.6 Å². The van der Waals surface area contributed by atoms with E-state index >= 15 is 0 Å². The van der Waals surface area contributed by atoms with Gasteiger partial charge in [-0.1, -0.05) is 17.7 Å². The van der Waals surface area contributed by atoms with Crippen molar-refractivity contribution in [2.24, 2.45) is 0 Å². The maximum absolute atomic E-state index is 14.3. The summed E-state index contributed by atoms with van der Waals surface area (Å²) in [7, 11) is 0. The molecule has 2 amide bonds. The lowest BCUT2D eigenvalue weighted by Crippen LogP contribution is -2.35. The van der Waals surface area contributed by atoms with Crippen LogP contribution in [0.15, 0.2) is 53.4 Å². The lowest BCUT2D eigenvalue weighted by molar-refractivity contribution is -0.116. The number of benzene rings is 3. The largest absolute Gasteiger partial charge is 0.348 e. The molecule has 0 aliphatic carbocycles. The Labute approximate surface area is 195 Å². The molecule has 0 spiro atoms. The summed E-state index contributed by atoms with van der Waals surface area (Å²) in [5.74, 6) is -4.68. The fourth-order valence-corrected chi connectivity index (χ4v) is 4.51. The molecule has 0 radical (unpaired) electrons. The van der Waals surface area contributed by atoms with Gasteiger partial charge in [0, 0.05) is 45.3 Å². The molecule has 1 aliphatic heterocycles. The minimum Gasteiger partial charge on any atom is -0.348 e. The second kappa shape index (κ2) is 9.44. The van der Waals surface area contributed by atoms with Crippen LogP contribution in [0.4, 0.5) is 23.2 Å². The molecular formula is C23H15ClF4N2O2S. The number of nitrogens with zero attached hydrogens (tertiary/aromatic N) is 1. The van der Waals surface area contributed by atoms with Gasteiger partial charge < -0.3 is 10.2 Å². The van der Waals surface area contributed by atoms with Crippen LogP contribution < -0.4 is 10.2 Å². The maximum atomic E-state index is 14.3.